The standard InChI is InChI=1S/C19H36O2/c1-4-7-8-9-10-11-12-13-14-15-16-19(20-17-5-2)21-18-6-3/h7-10,19H,4-6,11-18H2,1-3H3. The average molecular weight is 296 g/mol. The van der Waals surface area contributed by atoms with Gasteiger partial charge in [0, 0.05) is 13.2 Å². The molecule has 0 heterocycles. The molecule has 0 bridgehead atoms. The fourth-order valence-electron chi connectivity index (χ4n) is 2.03. The summed E-state index contributed by atoms with van der Waals surface area (Å²) in [6, 6.07) is 0. The van der Waals surface area contributed by atoms with Crippen molar-refractivity contribution in [3.8, 4) is 0 Å². The van der Waals surface area contributed by atoms with E-state index in [1.54, 1.807) is 0 Å². The highest BCUT2D eigenvalue weighted by Gasteiger charge is 2.07. The minimum absolute atomic E-state index is 0.0176. The first-order valence-corrected chi connectivity index (χ1v) is 8.89. The van der Waals surface area contributed by atoms with Gasteiger partial charge < -0.3 is 9.47 Å². The van der Waals surface area contributed by atoms with E-state index in [2.05, 4.69) is 45.1 Å². The van der Waals surface area contributed by atoms with Crippen LogP contribution in [-0.4, -0.2) is 19.5 Å². The van der Waals surface area contributed by atoms with E-state index in [1.165, 1.54) is 32.1 Å². The molecule has 0 amide bonds. The van der Waals surface area contributed by atoms with Gasteiger partial charge in [-0.2, -0.15) is 0 Å². The van der Waals surface area contributed by atoms with Crippen LogP contribution in [0.1, 0.15) is 78.6 Å². The van der Waals surface area contributed by atoms with Crippen LogP contribution in [0.25, 0.3) is 0 Å². The summed E-state index contributed by atoms with van der Waals surface area (Å²) >= 11 is 0. The lowest BCUT2D eigenvalue weighted by Gasteiger charge is -2.17. The van der Waals surface area contributed by atoms with Crippen molar-refractivity contribution in [3.63, 3.8) is 0 Å². The molecule has 21 heavy (non-hydrogen) atoms. The first-order chi connectivity index (χ1) is 10.3. The zero-order valence-electron chi connectivity index (χ0n) is 14.5. The highest BCUT2D eigenvalue weighted by atomic mass is 16.7. The second-order valence-electron chi connectivity index (χ2n) is 5.43. The van der Waals surface area contributed by atoms with Gasteiger partial charge in [-0.15, -0.1) is 0 Å². The Balaban J connectivity index is 3.51. The third kappa shape index (κ3) is 15.6. The molecule has 0 aromatic rings. The van der Waals surface area contributed by atoms with Gasteiger partial charge >= 0.3 is 0 Å². The Kier molecular flexibility index (Phi) is 17.0. The van der Waals surface area contributed by atoms with Crippen LogP contribution in [-0.2, 0) is 9.47 Å². The molecule has 0 N–H and O–H groups in total. The summed E-state index contributed by atoms with van der Waals surface area (Å²) in [4.78, 5) is 0. The topological polar surface area (TPSA) is 18.5 Å². The average Bonchev–Trinajstić information content (AvgIpc) is 2.51. The Morgan fingerprint density at radius 1 is 0.762 bits per heavy atom. The van der Waals surface area contributed by atoms with E-state index >= 15 is 0 Å². The van der Waals surface area contributed by atoms with Crippen LogP contribution in [0.4, 0.5) is 0 Å². The molecule has 0 aliphatic rings. The van der Waals surface area contributed by atoms with Crippen LogP contribution in [0.3, 0.4) is 0 Å². The number of hydrogen-bond donors (Lipinski definition) is 0. The van der Waals surface area contributed by atoms with Gasteiger partial charge in [-0.05, 0) is 44.9 Å². The van der Waals surface area contributed by atoms with E-state index in [0.717, 1.165) is 38.9 Å². The van der Waals surface area contributed by atoms with Gasteiger partial charge in [-0.25, -0.2) is 0 Å². The van der Waals surface area contributed by atoms with Crippen molar-refractivity contribution < 1.29 is 9.47 Å². The highest BCUT2D eigenvalue weighted by Crippen LogP contribution is 2.11. The van der Waals surface area contributed by atoms with Gasteiger partial charge in [0.25, 0.3) is 0 Å². The predicted molar refractivity (Wildman–Crippen MR) is 92.5 cm³/mol. The van der Waals surface area contributed by atoms with Crippen LogP contribution in [0.5, 0.6) is 0 Å². The van der Waals surface area contributed by atoms with Crippen molar-refractivity contribution in [3.05, 3.63) is 24.3 Å². The molecule has 0 aromatic carbocycles. The van der Waals surface area contributed by atoms with Crippen molar-refractivity contribution in [2.24, 2.45) is 0 Å². The fourth-order valence-corrected chi connectivity index (χ4v) is 2.03. The molecule has 2 heteroatoms. The summed E-state index contributed by atoms with van der Waals surface area (Å²) in [5.74, 6) is 0. The fraction of sp³-hybridized carbons (Fsp3) is 0.789. The first-order valence-electron chi connectivity index (χ1n) is 8.89. The number of allylic oxidation sites excluding steroid dienone is 4. The zero-order chi connectivity index (χ0) is 15.6. The SMILES string of the molecule is CCC=CC=CCCCCCCC(OCCC)OCCC. The quantitative estimate of drug-likeness (QED) is 0.209. The monoisotopic (exact) mass is 296 g/mol. The lowest BCUT2D eigenvalue weighted by atomic mass is 10.1. The molecule has 0 rings (SSSR count). The maximum atomic E-state index is 5.73. The smallest absolute Gasteiger partial charge is 0.157 e. The molecule has 0 radical (unpaired) electrons. The third-order valence-corrected chi connectivity index (χ3v) is 3.20. The summed E-state index contributed by atoms with van der Waals surface area (Å²) in [7, 11) is 0. The summed E-state index contributed by atoms with van der Waals surface area (Å²) in [6.07, 6.45) is 19.3. The molecular weight excluding hydrogens is 260 g/mol. The van der Waals surface area contributed by atoms with E-state index in [0.29, 0.717) is 0 Å². The van der Waals surface area contributed by atoms with Gasteiger partial charge in [0.15, 0.2) is 6.29 Å². The number of ether oxygens (including phenoxy) is 2. The number of unbranched alkanes of at least 4 members (excludes halogenated alkanes) is 4. The Labute approximate surface area is 132 Å². The van der Waals surface area contributed by atoms with Crippen LogP contribution in [0.2, 0.25) is 0 Å². The Morgan fingerprint density at radius 3 is 2.00 bits per heavy atom. The zero-order valence-corrected chi connectivity index (χ0v) is 14.5. The van der Waals surface area contributed by atoms with Crippen LogP contribution in [0, 0.1) is 0 Å². The highest BCUT2D eigenvalue weighted by molar-refractivity contribution is 5.01. The van der Waals surface area contributed by atoms with Crippen LogP contribution < -0.4 is 0 Å². The van der Waals surface area contributed by atoms with Gasteiger partial charge in [-0.3, -0.25) is 0 Å². The summed E-state index contributed by atoms with van der Waals surface area (Å²) in [5, 5.41) is 0. The summed E-state index contributed by atoms with van der Waals surface area (Å²) in [5.41, 5.74) is 0. The molecule has 0 atom stereocenters. The van der Waals surface area contributed by atoms with E-state index in [1.807, 2.05) is 0 Å². The Hall–Kier alpha value is -0.600. The molecule has 0 spiro atoms. The van der Waals surface area contributed by atoms with Crippen LogP contribution >= 0.6 is 0 Å². The molecular formula is C19H36O2. The summed E-state index contributed by atoms with van der Waals surface area (Å²) < 4.78 is 11.5. The van der Waals surface area contributed by atoms with Gasteiger partial charge in [0.05, 0.1) is 0 Å². The van der Waals surface area contributed by atoms with Gasteiger partial charge in [0.2, 0.25) is 0 Å². The molecule has 0 unspecified atom stereocenters. The minimum atomic E-state index is 0.0176. The largest absolute Gasteiger partial charge is 0.353 e. The molecule has 0 aromatic heterocycles. The van der Waals surface area contributed by atoms with E-state index in [4.69, 9.17) is 9.47 Å². The maximum Gasteiger partial charge on any atom is 0.157 e. The Morgan fingerprint density at radius 2 is 1.38 bits per heavy atom. The third-order valence-electron chi connectivity index (χ3n) is 3.20. The second-order valence-corrected chi connectivity index (χ2v) is 5.43. The molecule has 0 saturated heterocycles. The predicted octanol–water partition coefficient (Wildman–Crippen LogP) is 6.03. The first kappa shape index (κ1) is 20.4. The molecule has 0 saturated carbocycles. The molecule has 0 aliphatic carbocycles. The molecule has 2 nitrogen and oxygen atoms in total. The van der Waals surface area contributed by atoms with E-state index in [9.17, 15) is 0 Å². The van der Waals surface area contributed by atoms with Crippen molar-refractivity contribution >= 4 is 0 Å². The van der Waals surface area contributed by atoms with Crippen molar-refractivity contribution in [2.45, 2.75) is 84.8 Å². The molecule has 124 valence electrons. The normalized spacial score (nSPS) is 12.2. The molecule has 0 aliphatic heterocycles. The van der Waals surface area contributed by atoms with Crippen molar-refractivity contribution in [1.29, 1.82) is 0 Å². The lowest BCUT2D eigenvalue weighted by molar-refractivity contribution is -0.146. The van der Waals surface area contributed by atoms with E-state index in [-0.39, 0.29) is 6.29 Å². The van der Waals surface area contributed by atoms with Crippen molar-refractivity contribution in [2.75, 3.05) is 13.2 Å². The minimum Gasteiger partial charge on any atom is -0.353 e. The van der Waals surface area contributed by atoms with Crippen LogP contribution in [0.15, 0.2) is 24.3 Å². The van der Waals surface area contributed by atoms with Gasteiger partial charge in [-0.1, -0.05) is 57.9 Å². The van der Waals surface area contributed by atoms with E-state index < -0.39 is 0 Å². The maximum absolute atomic E-state index is 5.73. The van der Waals surface area contributed by atoms with Crippen molar-refractivity contribution in [1.82, 2.24) is 0 Å². The number of hydrogen-bond acceptors (Lipinski definition) is 2. The molecule has 0 fully saturated rings. The van der Waals surface area contributed by atoms with Gasteiger partial charge in [0.1, 0.15) is 0 Å². The summed E-state index contributed by atoms with van der Waals surface area (Å²) in [6.45, 7) is 8.06. The lowest BCUT2D eigenvalue weighted by Crippen LogP contribution is -2.18. The second kappa shape index (κ2) is 17.5. The Bertz CT molecular complexity index is 238. The number of rotatable bonds is 15.